The van der Waals surface area contributed by atoms with Crippen molar-refractivity contribution in [2.45, 2.75) is 75.5 Å². The molecule has 248 valence electrons. The second-order valence-electron chi connectivity index (χ2n) is 14.9. The average Bonchev–Trinajstić information content (AvgIpc) is 3.04. The van der Waals surface area contributed by atoms with Crippen molar-refractivity contribution in [2.24, 2.45) is 29.1 Å². The van der Waals surface area contributed by atoms with Crippen LogP contribution in [0.4, 0.5) is 11.4 Å². The second kappa shape index (κ2) is 12.9. The summed E-state index contributed by atoms with van der Waals surface area (Å²) in [5, 5.41) is 17.0. The number of carbonyl (C=O) groups excluding carboxylic acids is 1. The summed E-state index contributed by atoms with van der Waals surface area (Å²) in [5.41, 5.74) is 0.634. The van der Waals surface area contributed by atoms with Crippen LogP contribution in [0.5, 0.6) is 0 Å². The molecule has 2 aromatic rings. The molecule has 8 rings (SSSR count). The molecule has 0 aromatic heterocycles. The zero-order valence-electron chi connectivity index (χ0n) is 26.7. The van der Waals surface area contributed by atoms with Crippen molar-refractivity contribution >= 4 is 27.3 Å². The molecule has 1 N–H and O–H groups in total. The Hall–Kier alpha value is -3.02. The van der Waals surface area contributed by atoms with Gasteiger partial charge in [-0.2, -0.15) is 12.8 Å². The van der Waals surface area contributed by atoms with Crippen LogP contribution in [-0.2, 0) is 10.0 Å². The van der Waals surface area contributed by atoms with E-state index in [2.05, 4.69) is 10.2 Å². The first-order valence-corrected chi connectivity index (χ1v) is 18.8. The summed E-state index contributed by atoms with van der Waals surface area (Å²) in [6.07, 6.45) is 13.9. The van der Waals surface area contributed by atoms with E-state index in [0.29, 0.717) is 49.7 Å². The molecular weight excluding hydrogens is 602 g/mol. The fourth-order valence-corrected chi connectivity index (χ4v) is 11.3. The van der Waals surface area contributed by atoms with Gasteiger partial charge in [0.1, 0.15) is 5.69 Å². The fraction of sp³-hybridized carbons (Fsp3) is 0.629. The quantitative estimate of drug-likeness (QED) is 0.240. The molecule has 2 aromatic carbocycles. The molecule has 6 fully saturated rings. The SMILES string of the molecule is O=C(c1ccccc1)N(N1CCN(CC23CC4CC(CC(C4)C2)C3)CC1)S(=O)(=O)c1ccc(NCC2CCCCC2)c([N+](=O)[O-])c1. The molecule has 1 saturated heterocycles. The lowest BCUT2D eigenvalue weighted by molar-refractivity contribution is -0.384. The molecule has 0 unspecified atom stereocenters. The first-order valence-electron chi connectivity index (χ1n) is 17.3. The summed E-state index contributed by atoms with van der Waals surface area (Å²) in [6.45, 7) is 3.75. The molecule has 5 aliphatic carbocycles. The van der Waals surface area contributed by atoms with Gasteiger partial charge in [-0.15, -0.1) is 0 Å². The number of piperazine rings is 1. The Bertz CT molecular complexity index is 1500. The minimum absolute atomic E-state index is 0.252. The van der Waals surface area contributed by atoms with Gasteiger partial charge in [0.2, 0.25) is 0 Å². The topological polar surface area (TPSA) is 116 Å². The van der Waals surface area contributed by atoms with Crippen LogP contribution in [0.1, 0.15) is 81.0 Å². The average molecular weight is 650 g/mol. The van der Waals surface area contributed by atoms with Crippen LogP contribution < -0.4 is 5.32 Å². The van der Waals surface area contributed by atoms with Gasteiger partial charge in [0.05, 0.1) is 9.82 Å². The van der Waals surface area contributed by atoms with Crippen molar-refractivity contribution in [1.82, 2.24) is 14.3 Å². The van der Waals surface area contributed by atoms with Gasteiger partial charge < -0.3 is 10.2 Å². The lowest BCUT2D eigenvalue weighted by Gasteiger charge is -2.58. The smallest absolute Gasteiger partial charge is 0.293 e. The number of hydrogen-bond acceptors (Lipinski definition) is 8. The fourth-order valence-electron chi connectivity index (χ4n) is 9.83. The number of nitrogens with zero attached hydrogens (tertiary/aromatic N) is 4. The van der Waals surface area contributed by atoms with Crippen LogP contribution in [0.25, 0.3) is 0 Å². The Morgan fingerprint density at radius 3 is 2.15 bits per heavy atom. The molecule has 46 heavy (non-hydrogen) atoms. The minimum Gasteiger partial charge on any atom is -0.379 e. The molecule has 1 heterocycles. The Morgan fingerprint density at radius 2 is 1.54 bits per heavy atom. The van der Waals surface area contributed by atoms with E-state index in [9.17, 15) is 23.3 Å². The van der Waals surface area contributed by atoms with Gasteiger partial charge in [0, 0.05) is 50.9 Å². The van der Waals surface area contributed by atoms with Gasteiger partial charge in [-0.1, -0.05) is 37.5 Å². The predicted octanol–water partition coefficient (Wildman–Crippen LogP) is 6.17. The number of nitrogens with one attached hydrogen (secondary N) is 1. The number of amides is 1. The summed E-state index contributed by atoms with van der Waals surface area (Å²) in [5.74, 6) is 2.40. The summed E-state index contributed by atoms with van der Waals surface area (Å²) in [6, 6.07) is 12.4. The minimum atomic E-state index is -4.46. The number of carbonyl (C=O) groups is 1. The third-order valence-corrected chi connectivity index (χ3v) is 13.2. The van der Waals surface area contributed by atoms with Crippen LogP contribution in [0.15, 0.2) is 53.4 Å². The van der Waals surface area contributed by atoms with E-state index >= 15 is 0 Å². The molecule has 1 amide bonds. The van der Waals surface area contributed by atoms with Crippen molar-refractivity contribution in [2.75, 3.05) is 44.6 Å². The molecule has 0 atom stereocenters. The number of sulfonamides is 1. The molecule has 6 aliphatic rings. The first kappa shape index (κ1) is 31.6. The Labute approximate surface area is 272 Å². The van der Waals surface area contributed by atoms with E-state index in [1.165, 1.54) is 57.1 Å². The van der Waals surface area contributed by atoms with E-state index in [1.54, 1.807) is 35.3 Å². The van der Waals surface area contributed by atoms with Gasteiger partial charge in [0.15, 0.2) is 0 Å². The molecule has 0 radical (unpaired) electrons. The maximum atomic E-state index is 14.3. The Balaban J connectivity index is 1.11. The molecule has 10 nitrogen and oxygen atoms in total. The molecule has 5 saturated carbocycles. The van der Waals surface area contributed by atoms with Crippen molar-refractivity contribution in [3.05, 3.63) is 64.2 Å². The van der Waals surface area contributed by atoms with Gasteiger partial charge in [-0.05, 0) is 105 Å². The lowest BCUT2D eigenvalue weighted by Crippen LogP contribution is -2.59. The first-order chi connectivity index (χ1) is 22.2. The third kappa shape index (κ3) is 6.42. The zero-order valence-corrected chi connectivity index (χ0v) is 27.5. The highest BCUT2D eigenvalue weighted by atomic mass is 32.2. The van der Waals surface area contributed by atoms with Crippen molar-refractivity contribution in [3.63, 3.8) is 0 Å². The van der Waals surface area contributed by atoms with E-state index in [4.69, 9.17) is 0 Å². The largest absolute Gasteiger partial charge is 0.379 e. The summed E-state index contributed by atoms with van der Waals surface area (Å²) >= 11 is 0. The predicted molar refractivity (Wildman–Crippen MR) is 177 cm³/mol. The van der Waals surface area contributed by atoms with Gasteiger partial charge in [-0.3, -0.25) is 14.9 Å². The van der Waals surface area contributed by atoms with E-state index < -0.39 is 20.9 Å². The van der Waals surface area contributed by atoms with Crippen LogP contribution in [0, 0.1) is 39.2 Å². The van der Waals surface area contributed by atoms with Gasteiger partial charge >= 0.3 is 0 Å². The van der Waals surface area contributed by atoms with Gasteiger partial charge in [-0.25, -0.2) is 5.01 Å². The number of nitro benzene ring substituents is 1. The van der Waals surface area contributed by atoms with Crippen molar-refractivity contribution in [3.8, 4) is 0 Å². The summed E-state index contributed by atoms with van der Waals surface area (Å²) in [4.78, 5) is 27.8. The highest BCUT2D eigenvalue weighted by molar-refractivity contribution is 7.89. The molecular formula is C35H47N5O5S. The molecule has 4 bridgehead atoms. The van der Waals surface area contributed by atoms with E-state index in [1.807, 2.05) is 0 Å². The van der Waals surface area contributed by atoms with Crippen LogP contribution >= 0.6 is 0 Å². The van der Waals surface area contributed by atoms with Crippen molar-refractivity contribution in [1.29, 1.82) is 0 Å². The highest BCUT2D eigenvalue weighted by Crippen LogP contribution is 2.60. The third-order valence-electron chi connectivity index (χ3n) is 11.5. The highest BCUT2D eigenvalue weighted by Gasteiger charge is 2.51. The van der Waals surface area contributed by atoms with E-state index in [0.717, 1.165) is 60.5 Å². The van der Waals surface area contributed by atoms with Crippen molar-refractivity contribution < 1.29 is 18.1 Å². The molecule has 1 aliphatic heterocycles. The number of hydrogen-bond donors (Lipinski definition) is 1. The second-order valence-corrected chi connectivity index (χ2v) is 16.7. The van der Waals surface area contributed by atoms with Gasteiger partial charge in [0.25, 0.3) is 21.6 Å². The summed E-state index contributed by atoms with van der Waals surface area (Å²) < 4.78 is 29.5. The normalized spacial score (nSPS) is 28.7. The zero-order chi connectivity index (χ0) is 31.9. The Morgan fingerprint density at radius 1 is 0.913 bits per heavy atom. The van der Waals surface area contributed by atoms with Crippen LogP contribution in [0.2, 0.25) is 0 Å². The lowest BCUT2D eigenvalue weighted by atomic mass is 9.49. The maximum Gasteiger partial charge on any atom is 0.293 e. The number of benzene rings is 2. The number of anilines is 1. The number of hydrazine groups is 1. The Kier molecular flexibility index (Phi) is 8.84. The van der Waals surface area contributed by atoms with Crippen LogP contribution in [-0.4, -0.2) is 72.8 Å². The monoisotopic (exact) mass is 649 g/mol. The number of rotatable bonds is 10. The molecule has 0 spiro atoms. The maximum absolute atomic E-state index is 14.3. The standard InChI is InChI=1S/C35H47N5O5S/c41-34(30-9-5-2-6-10-30)39(38-15-13-37(14-16-38)25-35-21-27-17-28(22-35)19-29(18-27)23-35)46(44,45)31-11-12-32(33(20-31)40(42)43)36-24-26-7-3-1-4-8-26/h2,5-6,9-12,20,26-29,36H,1,3-4,7-8,13-19,21-25H2. The molecule has 11 heteroatoms. The summed E-state index contributed by atoms with van der Waals surface area (Å²) in [7, 11) is -4.46. The van der Waals surface area contributed by atoms with E-state index in [-0.39, 0.29) is 16.1 Å². The number of nitro groups is 1. The van der Waals surface area contributed by atoms with Crippen LogP contribution in [0.3, 0.4) is 0 Å².